The Hall–Kier alpha value is -3.28. The fourth-order valence-electron chi connectivity index (χ4n) is 2.65. The van der Waals surface area contributed by atoms with E-state index < -0.39 is 0 Å². The average molecular weight is 364 g/mol. The van der Waals surface area contributed by atoms with Crippen molar-refractivity contribution in [3.8, 4) is 0 Å². The summed E-state index contributed by atoms with van der Waals surface area (Å²) in [6.45, 7) is 3.58. The smallest absolute Gasteiger partial charge is 0.254 e. The third-order valence-corrected chi connectivity index (χ3v) is 4.18. The van der Waals surface area contributed by atoms with Crippen molar-refractivity contribution in [3.05, 3.63) is 89.5 Å². The Morgan fingerprint density at radius 3 is 2.37 bits per heavy atom. The molecule has 0 aliphatic heterocycles. The first-order valence-electron chi connectivity index (χ1n) is 8.80. The molecule has 0 radical (unpaired) electrons. The normalized spacial score (nSPS) is 10.4. The van der Waals surface area contributed by atoms with Crippen LogP contribution in [0.25, 0.3) is 0 Å². The molecule has 1 heterocycles. The highest BCUT2D eigenvalue weighted by molar-refractivity contribution is 5.93. The summed E-state index contributed by atoms with van der Waals surface area (Å²) < 4.78 is 13.6. The lowest BCUT2D eigenvalue weighted by Gasteiger charge is -2.20. The minimum absolute atomic E-state index is 0.113. The first-order chi connectivity index (χ1) is 13.2. The van der Waals surface area contributed by atoms with Crippen LogP contribution in [-0.2, 0) is 13.1 Å². The van der Waals surface area contributed by atoms with E-state index in [9.17, 15) is 9.18 Å². The summed E-state index contributed by atoms with van der Waals surface area (Å²) in [5.74, 6) is -0.119. The molecule has 0 aliphatic rings. The van der Waals surface area contributed by atoms with Crippen LogP contribution in [0.3, 0.4) is 0 Å². The van der Waals surface area contributed by atoms with Crippen molar-refractivity contribution in [2.75, 3.05) is 11.4 Å². The topological polar surface area (TPSA) is 58.1 Å². The summed E-state index contributed by atoms with van der Waals surface area (Å²) in [6, 6.07) is 16.4. The highest BCUT2D eigenvalue weighted by Gasteiger charge is 2.12. The Morgan fingerprint density at radius 1 is 1.04 bits per heavy atom. The van der Waals surface area contributed by atoms with Gasteiger partial charge in [0.25, 0.3) is 5.91 Å². The van der Waals surface area contributed by atoms with Crippen molar-refractivity contribution in [3.63, 3.8) is 0 Å². The van der Waals surface area contributed by atoms with Crippen molar-refractivity contribution in [2.24, 2.45) is 0 Å². The molecule has 0 bridgehead atoms. The van der Waals surface area contributed by atoms with E-state index in [4.69, 9.17) is 0 Å². The molecule has 1 aromatic heterocycles. The van der Waals surface area contributed by atoms with Gasteiger partial charge >= 0.3 is 0 Å². The molecule has 0 aliphatic carbocycles. The molecule has 5 nitrogen and oxygen atoms in total. The van der Waals surface area contributed by atoms with Gasteiger partial charge in [-0.15, -0.1) is 0 Å². The monoisotopic (exact) mass is 364 g/mol. The van der Waals surface area contributed by atoms with Gasteiger partial charge in [-0.05, 0) is 18.6 Å². The number of nitrogens with one attached hydrogen (secondary N) is 1. The molecule has 0 unspecified atom stereocenters. The third-order valence-electron chi connectivity index (χ3n) is 4.18. The van der Waals surface area contributed by atoms with Crippen LogP contribution in [0, 0.1) is 5.82 Å². The molecule has 0 fully saturated rings. The number of amides is 1. The molecule has 2 aromatic carbocycles. The predicted octanol–water partition coefficient (Wildman–Crippen LogP) is 3.57. The molecule has 0 atom stereocenters. The third kappa shape index (κ3) is 4.88. The molecule has 0 saturated carbocycles. The summed E-state index contributed by atoms with van der Waals surface area (Å²) >= 11 is 0. The standard InChI is InChI=1S/C21H21FN4O/c1-2-26(15-16-8-4-3-5-9-16)21-24-13-18(14-25-21)20(27)23-12-17-10-6-7-11-19(17)22/h3-11,13-14H,2,12,15H2,1H3,(H,23,27). The zero-order chi connectivity index (χ0) is 19.1. The van der Waals surface area contributed by atoms with Crippen LogP contribution in [-0.4, -0.2) is 22.4 Å². The Labute approximate surface area is 157 Å². The molecular weight excluding hydrogens is 343 g/mol. The molecule has 1 N–H and O–H groups in total. The minimum Gasteiger partial charge on any atom is -0.348 e. The molecule has 1 amide bonds. The average Bonchev–Trinajstić information content (AvgIpc) is 2.72. The first-order valence-corrected chi connectivity index (χ1v) is 8.80. The number of hydrogen-bond acceptors (Lipinski definition) is 4. The van der Waals surface area contributed by atoms with Gasteiger partial charge in [-0.1, -0.05) is 48.5 Å². The summed E-state index contributed by atoms with van der Waals surface area (Å²) in [4.78, 5) is 22.9. The number of carbonyl (C=O) groups is 1. The maximum atomic E-state index is 13.6. The van der Waals surface area contributed by atoms with Gasteiger partial charge in [0.1, 0.15) is 5.82 Å². The number of hydrogen-bond donors (Lipinski definition) is 1. The van der Waals surface area contributed by atoms with Crippen LogP contribution < -0.4 is 10.2 Å². The van der Waals surface area contributed by atoms with Gasteiger partial charge in [-0.2, -0.15) is 0 Å². The van der Waals surface area contributed by atoms with Crippen molar-refractivity contribution in [1.29, 1.82) is 0 Å². The van der Waals surface area contributed by atoms with Crippen molar-refractivity contribution in [2.45, 2.75) is 20.0 Å². The zero-order valence-electron chi connectivity index (χ0n) is 15.1. The Bertz CT molecular complexity index is 884. The van der Waals surface area contributed by atoms with Crippen LogP contribution in [0.2, 0.25) is 0 Å². The number of anilines is 1. The molecular formula is C21H21FN4O. The maximum absolute atomic E-state index is 13.6. The van der Waals surface area contributed by atoms with Gasteiger partial charge in [0.15, 0.2) is 0 Å². The van der Waals surface area contributed by atoms with Crippen molar-refractivity contribution >= 4 is 11.9 Å². The second-order valence-electron chi connectivity index (χ2n) is 6.05. The summed E-state index contributed by atoms with van der Waals surface area (Å²) in [5.41, 5.74) is 1.93. The fraction of sp³-hybridized carbons (Fsp3) is 0.190. The van der Waals surface area contributed by atoms with Crippen LogP contribution in [0.5, 0.6) is 0 Å². The molecule has 6 heteroatoms. The number of halogens is 1. The lowest BCUT2D eigenvalue weighted by Crippen LogP contribution is -2.26. The summed E-state index contributed by atoms with van der Waals surface area (Å²) in [5, 5.41) is 2.69. The fourth-order valence-corrected chi connectivity index (χ4v) is 2.65. The number of rotatable bonds is 7. The lowest BCUT2D eigenvalue weighted by atomic mass is 10.2. The van der Waals surface area contributed by atoms with Gasteiger partial charge in [0.05, 0.1) is 5.56 Å². The Kier molecular flexibility index (Phi) is 6.10. The van der Waals surface area contributed by atoms with E-state index >= 15 is 0 Å². The van der Waals surface area contributed by atoms with Gasteiger partial charge < -0.3 is 10.2 Å². The molecule has 3 rings (SSSR count). The minimum atomic E-state index is -0.344. The second kappa shape index (κ2) is 8.89. The van der Waals surface area contributed by atoms with E-state index in [1.807, 2.05) is 42.2 Å². The second-order valence-corrected chi connectivity index (χ2v) is 6.05. The Morgan fingerprint density at radius 2 is 1.70 bits per heavy atom. The van der Waals surface area contributed by atoms with E-state index in [1.165, 1.54) is 18.5 Å². The van der Waals surface area contributed by atoms with Crippen molar-refractivity contribution < 1.29 is 9.18 Å². The molecule has 3 aromatic rings. The summed E-state index contributed by atoms with van der Waals surface area (Å²) in [7, 11) is 0. The van der Waals surface area contributed by atoms with Gasteiger partial charge in [0.2, 0.25) is 5.95 Å². The number of benzene rings is 2. The quantitative estimate of drug-likeness (QED) is 0.696. The van der Waals surface area contributed by atoms with Crippen LogP contribution >= 0.6 is 0 Å². The number of nitrogens with zero attached hydrogens (tertiary/aromatic N) is 3. The van der Waals surface area contributed by atoms with Gasteiger partial charge in [-0.3, -0.25) is 4.79 Å². The summed E-state index contributed by atoms with van der Waals surface area (Å²) in [6.07, 6.45) is 2.99. The van der Waals surface area contributed by atoms with E-state index in [0.717, 1.165) is 12.1 Å². The van der Waals surface area contributed by atoms with E-state index in [1.54, 1.807) is 18.2 Å². The lowest BCUT2D eigenvalue weighted by molar-refractivity contribution is 0.0950. The maximum Gasteiger partial charge on any atom is 0.254 e. The SMILES string of the molecule is CCN(Cc1ccccc1)c1ncc(C(=O)NCc2ccccc2F)cn1. The van der Waals surface area contributed by atoms with Gasteiger partial charge in [-0.25, -0.2) is 14.4 Å². The molecule has 0 spiro atoms. The predicted molar refractivity (Wildman–Crippen MR) is 103 cm³/mol. The van der Waals surface area contributed by atoms with Gasteiger partial charge in [0, 0.05) is 37.6 Å². The first kappa shape index (κ1) is 18.5. The van der Waals surface area contributed by atoms with Crippen LogP contribution in [0.1, 0.15) is 28.4 Å². The number of carbonyl (C=O) groups excluding carboxylic acids is 1. The molecule has 27 heavy (non-hydrogen) atoms. The van der Waals surface area contributed by atoms with Crippen LogP contribution in [0.15, 0.2) is 67.0 Å². The largest absolute Gasteiger partial charge is 0.348 e. The van der Waals surface area contributed by atoms with E-state index in [-0.39, 0.29) is 18.3 Å². The van der Waals surface area contributed by atoms with E-state index in [0.29, 0.717) is 23.6 Å². The Balaban J connectivity index is 1.63. The van der Waals surface area contributed by atoms with Crippen molar-refractivity contribution in [1.82, 2.24) is 15.3 Å². The van der Waals surface area contributed by atoms with Crippen LogP contribution in [0.4, 0.5) is 10.3 Å². The molecule has 0 saturated heterocycles. The highest BCUT2D eigenvalue weighted by Crippen LogP contribution is 2.12. The zero-order valence-corrected chi connectivity index (χ0v) is 15.1. The highest BCUT2D eigenvalue weighted by atomic mass is 19.1. The number of aromatic nitrogens is 2. The molecule has 138 valence electrons. The van der Waals surface area contributed by atoms with E-state index in [2.05, 4.69) is 15.3 Å².